The summed E-state index contributed by atoms with van der Waals surface area (Å²) in [6.45, 7) is 10.7. The van der Waals surface area contributed by atoms with E-state index < -0.39 is 0 Å². The lowest BCUT2D eigenvalue weighted by Crippen LogP contribution is -2.52. The van der Waals surface area contributed by atoms with E-state index >= 15 is 0 Å². The van der Waals surface area contributed by atoms with Gasteiger partial charge in [-0.1, -0.05) is 37.3 Å². The SMILES string of the molecule is CN=C(NCCNc1nc2ccccc2s1)NCC(C(C)C)N1CCOCC1. The van der Waals surface area contributed by atoms with E-state index in [1.54, 1.807) is 11.3 Å². The van der Waals surface area contributed by atoms with Gasteiger partial charge < -0.3 is 20.7 Å². The van der Waals surface area contributed by atoms with Crippen LogP contribution in [0.25, 0.3) is 10.2 Å². The van der Waals surface area contributed by atoms with Gasteiger partial charge in [-0.05, 0) is 18.1 Å². The number of hydrogen-bond donors (Lipinski definition) is 3. The Labute approximate surface area is 171 Å². The van der Waals surface area contributed by atoms with Crippen molar-refractivity contribution in [1.29, 1.82) is 0 Å². The third kappa shape index (κ3) is 5.80. The molecule has 2 aromatic rings. The fraction of sp³-hybridized carbons (Fsp3) is 0.600. The number of thiazole rings is 1. The monoisotopic (exact) mass is 404 g/mol. The third-order valence-corrected chi connectivity index (χ3v) is 5.97. The van der Waals surface area contributed by atoms with Gasteiger partial charge in [0.15, 0.2) is 11.1 Å². The lowest BCUT2D eigenvalue weighted by Gasteiger charge is -2.37. The molecular weight excluding hydrogens is 372 g/mol. The number of para-hydroxylation sites is 1. The molecule has 1 atom stereocenters. The molecule has 8 heteroatoms. The summed E-state index contributed by atoms with van der Waals surface area (Å²) in [5.41, 5.74) is 1.04. The molecule has 1 saturated heterocycles. The molecule has 7 nitrogen and oxygen atoms in total. The van der Waals surface area contributed by atoms with Crippen molar-refractivity contribution < 1.29 is 4.74 Å². The molecular formula is C20H32N6OS. The van der Waals surface area contributed by atoms with Crippen molar-refractivity contribution in [3.8, 4) is 0 Å². The van der Waals surface area contributed by atoms with Crippen LogP contribution in [0.5, 0.6) is 0 Å². The number of nitrogens with one attached hydrogen (secondary N) is 3. The van der Waals surface area contributed by atoms with Gasteiger partial charge >= 0.3 is 0 Å². The number of rotatable bonds is 8. The van der Waals surface area contributed by atoms with Crippen molar-refractivity contribution in [2.45, 2.75) is 19.9 Å². The van der Waals surface area contributed by atoms with Crippen LogP contribution in [0.2, 0.25) is 0 Å². The molecule has 1 aliphatic rings. The molecule has 154 valence electrons. The average Bonchev–Trinajstić information content (AvgIpc) is 3.13. The molecule has 1 aliphatic heterocycles. The van der Waals surface area contributed by atoms with Crippen molar-refractivity contribution >= 4 is 32.6 Å². The van der Waals surface area contributed by atoms with Crippen LogP contribution in [0, 0.1) is 5.92 Å². The predicted molar refractivity (Wildman–Crippen MR) is 118 cm³/mol. The number of benzene rings is 1. The molecule has 1 fully saturated rings. The Balaban J connectivity index is 1.41. The van der Waals surface area contributed by atoms with Gasteiger partial charge in [0, 0.05) is 45.8 Å². The first-order valence-electron chi connectivity index (χ1n) is 10.0. The van der Waals surface area contributed by atoms with Crippen LogP contribution in [-0.2, 0) is 4.74 Å². The number of guanidine groups is 1. The Morgan fingerprint density at radius 3 is 2.71 bits per heavy atom. The van der Waals surface area contributed by atoms with Gasteiger partial charge in [0.1, 0.15) is 0 Å². The van der Waals surface area contributed by atoms with E-state index in [1.807, 2.05) is 25.2 Å². The first kappa shape index (κ1) is 20.8. The molecule has 3 N–H and O–H groups in total. The van der Waals surface area contributed by atoms with Crippen LogP contribution in [0.4, 0.5) is 5.13 Å². The average molecular weight is 405 g/mol. The molecule has 0 amide bonds. The van der Waals surface area contributed by atoms with Gasteiger partial charge in [-0.15, -0.1) is 0 Å². The minimum atomic E-state index is 0.475. The van der Waals surface area contributed by atoms with Crippen LogP contribution in [0.15, 0.2) is 29.3 Å². The molecule has 0 radical (unpaired) electrons. The van der Waals surface area contributed by atoms with Gasteiger partial charge in [0.2, 0.25) is 0 Å². The minimum Gasteiger partial charge on any atom is -0.379 e. The smallest absolute Gasteiger partial charge is 0.191 e. The van der Waals surface area contributed by atoms with E-state index in [0.717, 1.165) is 62.5 Å². The number of aliphatic imine (C=N–C) groups is 1. The van der Waals surface area contributed by atoms with E-state index in [9.17, 15) is 0 Å². The van der Waals surface area contributed by atoms with Gasteiger partial charge in [-0.25, -0.2) is 4.98 Å². The molecule has 0 saturated carbocycles. The number of aromatic nitrogens is 1. The van der Waals surface area contributed by atoms with E-state index in [1.165, 1.54) is 4.70 Å². The second kappa shape index (κ2) is 10.6. The first-order valence-corrected chi connectivity index (χ1v) is 10.8. The summed E-state index contributed by atoms with van der Waals surface area (Å²) in [6, 6.07) is 8.68. The van der Waals surface area contributed by atoms with E-state index in [0.29, 0.717) is 12.0 Å². The highest BCUT2D eigenvalue weighted by Crippen LogP contribution is 2.24. The summed E-state index contributed by atoms with van der Waals surface area (Å²) in [5.74, 6) is 1.41. The van der Waals surface area contributed by atoms with Crippen molar-refractivity contribution in [3.63, 3.8) is 0 Å². The fourth-order valence-electron chi connectivity index (χ4n) is 3.42. The number of nitrogens with zero attached hydrogens (tertiary/aromatic N) is 3. The Hall–Kier alpha value is -1.90. The predicted octanol–water partition coefficient (Wildman–Crippen LogP) is 2.23. The second-order valence-electron chi connectivity index (χ2n) is 7.25. The number of hydrogen-bond acceptors (Lipinski definition) is 6. The van der Waals surface area contributed by atoms with Gasteiger partial charge in [0.05, 0.1) is 23.4 Å². The van der Waals surface area contributed by atoms with Gasteiger partial charge in [0.25, 0.3) is 0 Å². The van der Waals surface area contributed by atoms with Gasteiger partial charge in [-0.3, -0.25) is 9.89 Å². The number of anilines is 1. The number of morpholine rings is 1. The normalized spacial score (nSPS) is 17.1. The third-order valence-electron chi connectivity index (χ3n) is 4.97. The largest absolute Gasteiger partial charge is 0.379 e. The zero-order chi connectivity index (χ0) is 19.8. The highest BCUT2D eigenvalue weighted by atomic mass is 32.1. The maximum atomic E-state index is 5.49. The maximum Gasteiger partial charge on any atom is 0.191 e. The van der Waals surface area contributed by atoms with Crippen molar-refractivity contribution in [2.24, 2.45) is 10.9 Å². The molecule has 28 heavy (non-hydrogen) atoms. The summed E-state index contributed by atoms with van der Waals surface area (Å²) in [4.78, 5) is 11.5. The summed E-state index contributed by atoms with van der Waals surface area (Å²) in [7, 11) is 1.81. The highest BCUT2D eigenvalue weighted by Gasteiger charge is 2.23. The topological polar surface area (TPSA) is 73.8 Å². The number of ether oxygens (including phenoxy) is 1. The Morgan fingerprint density at radius 2 is 2.00 bits per heavy atom. The standard InChI is InChI=1S/C20H32N6OS/c1-15(2)17(26-10-12-27-13-11-26)14-24-19(21-3)22-8-9-23-20-25-16-6-4-5-7-18(16)28-20/h4-7,15,17H,8-14H2,1-3H3,(H,23,25)(H2,21,22,24). The van der Waals surface area contributed by atoms with Crippen LogP contribution < -0.4 is 16.0 Å². The molecule has 0 bridgehead atoms. The van der Waals surface area contributed by atoms with Crippen LogP contribution in [-0.4, -0.2) is 74.9 Å². The van der Waals surface area contributed by atoms with Crippen molar-refractivity contribution in [3.05, 3.63) is 24.3 Å². The van der Waals surface area contributed by atoms with Crippen molar-refractivity contribution in [2.75, 3.05) is 58.3 Å². The summed E-state index contributed by atoms with van der Waals surface area (Å²) < 4.78 is 6.69. The van der Waals surface area contributed by atoms with E-state index in [4.69, 9.17) is 4.74 Å². The summed E-state index contributed by atoms with van der Waals surface area (Å²) in [6.07, 6.45) is 0. The zero-order valence-electron chi connectivity index (χ0n) is 17.1. The molecule has 1 aromatic carbocycles. The van der Waals surface area contributed by atoms with Crippen LogP contribution in [0.3, 0.4) is 0 Å². The summed E-state index contributed by atoms with van der Waals surface area (Å²) >= 11 is 1.68. The summed E-state index contributed by atoms with van der Waals surface area (Å²) in [5, 5.41) is 11.2. The van der Waals surface area contributed by atoms with E-state index in [2.05, 4.69) is 50.7 Å². The highest BCUT2D eigenvalue weighted by molar-refractivity contribution is 7.22. The van der Waals surface area contributed by atoms with Crippen LogP contribution in [0.1, 0.15) is 13.8 Å². The Bertz CT molecular complexity index is 723. The molecule has 0 aliphatic carbocycles. The minimum absolute atomic E-state index is 0.475. The van der Waals surface area contributed by atoms with Crippen molar-refractivity contribution in [1.82, 2.24) is 20.5 Å². The lowest BCUT2D eigenvalue weighted by atomic mass is 10.0. The molecule has 2 heterocycles. The molecule has 3 rings (SSSR count). The van der Waals surface area contributed by atoms with Crippen LogP contribution >= 0.6 is 11.3 Å². The Morgan fingerprint density at radius 1 is 1.21 bits per heavy atom. The molecule has 1 unspecified atom stereocenters. The zero-order valence-corrected chi connectivity index (χ0v) is 17.9. The second-order valence-corrected chi connectivity index (χ2v) is 8.28. The maximum absolute atomic E-state index is 5.49. The number of fused-ring (bicyclic) bond motifs is 1. The quantitative estimate of drug-likeness (QED) is 0.356. The Kier molecular flexibility index (Phi) is 7.88. The molecule has 0 spiro atoms. The molecule has 1 aromatic heterocycles. The first-order chi connectivity index (χ1) is 13.7. The fourth-order valence-corrected chi connectivity index (χ4v) is 4.31. The lowest BCUT2D eigenvalue weighted by molar-refractivity contribution is 0.00752. The van der Waals surface area contributed by atoms with E-state index in [-0.39, 0.29) is 0 Å². The van der Waals surface area contributed by atoms with Gasteiger partial charge in [-0.2, -0.15) is 0 Å².